The molecule has 2 N–H and O–H groups in total. The van der Waals surface area contributed by atoms with Crippen LogP contribution in [0.2, 0.25) is 0 Å². The van der Waals surface area contributed by atoms with Gasteiger partial charge in [0.2, 0.25) is 5.91 Å². The maximum absolute atomic E-state index is 15.4. The van der Waals surface area contributed by atoms with Crippen LogP contribution in [0.4, 0.5) is 27.4 Å². The first-order valence-electron chi connectivity index (χ1n) is 15.3. The third kappa shape index (κ3) is 6.66. The summed E-state index contributed by atoms with van der Waals surface area (Å²) >= 11 is 0. The second-order valence-electron chi connectivity index (χ2n) is 11.6. The van der Waals surface area contributed by atoms with Gasteiger partial charge < -0.3 is 34.6 Å². The smallest absolute Gasteiger partial charge is 0.245 e. The number of nitrogens with zero attached hydrogens (tertiary/aromatic N) is 5. The van der Waals surface area contributed by atoms with E-state index in [0.29, 0.717) is 53.0 Å². The minimum Gasteiger partial charge on any atom is -0.495 e. The van der Waals surface area contributed by atoms with Crippen LogP contribution in [0.5, 0.6) is 17.2 Å². The van der Waals surface area contributed by atoms with E-state index in [1.54, 1.807) is 43.5 Å². The zero-order valence-electron chi connectivity index (χ0n) is 26.2. The molecule has 240 valence electrons. The highest BCUT2D eigenvalue weighted by atomic mass is 19.1. The Kier molecular flexibility index (Phi) is 9.16. The maximum Gasteiger partial charge on any atom is 0.245 e. The number of aromatic nitrogens is 3. The van der Waals surface area contributed by atoms with Crippen LogP contribution < -0.4 is 25.0 Å². The minimum absolute atomic E-state index is 0.0545. The van der Waals surface area contributed by atoms with E-state index in [1.165, 1.54) is 18.5 Å². The van der Waals surface area contributed by atoms with E-state index in [2.05, 4.69) is 44.0 Å². The predicted molar refractivity (Wildman–Crippen MR) is 176 cm³/mol. The highest BCUT2D eigenvalue weighted by Gasteiger charge is 2.30. The van der Waals surface area contributed by atoms with E-state index in [0.717, 1.165) is 37.4 Å². The van der Waals surface area contributed by atoms with E-state index >= 15 is 4.39 Å². The van der Waals surface area contributed by atoms with Crippen molar-refractivity contribution in [3.05, 3.63) is 73.5 Å². The number of hydrogen-bond donors (Lipinski definition) is 2. The fraction of sp³-hybridized carbons (Fsp3) is 0.353. The number of likely N-dealkylation sites (tertiary alicyclic amines) is 1. The Morgan fingerprint density at radius 1 is 1.02 bits per heavy atom. The Labute approximate surface area is 267 Å². The summed E-state index contributed by atoms with van der Waals surface area (Å²) in [5, 5.41) is 7.38. The first-order chi connectivity index (χ1) is 22.3. The number of halogens is 1. The first kappa shape index (κ1) is 31.0. The minimum atomic E-state index is -0.498. The van der Waals surface area contributed by atoms with Gasteiger partial charge in [-0.3, -0.25) is 4.79 Å². The Balaban J connectivity index is 1.17. The number of carbonyl (C=O) groups excluding carboxylic acids is 1. The molecule has 2 aliphatic rings. The van der Waals surface area contributed by atoms with Crippen LogP contribution in [0, 0.1) is 11.7 Å². The molecule has 6 rings (SSSR count). The fourth-order valence-corrected chi connectivity index (χ4v) is 6.05. The third-order valence-corrected chi connectivity index (χ3v) is 8.61. The highest BCUT2D eigenvalue weighted by molar-refractivity contribution is 5.95. The lowest BCUT2D eigenvalue weighted by Crippen LogP contribution is -2.41. The van der Waals surface area contributed by atoms with E-state index in [9.17, 15) is 4.79 Å². The van der Waals surface area contributed by atoms with Gasteiger partial charge in [0.05, 0.1) is 30.1 Å². The van der Waals surface area contributed by atoms with Gasteiger partial charge in [-0.05, 0) is 43.2 Å². The standard InChI is InChI=1S/C34H38FN7O4/c1-5-33(43)41-12-9-22(10-13-41)39-29-16-25-28(17-30(29)44-3)37-20-38-34(25)40-27-7-6-23(14-26(27)35)46-24-8-11-36-32(15-24)42-18-21(2)31(19-42)45-4/h5-8,11,14-17,20-22,31,39H,1,9-10,12-13,18-19H2,2-4H3,(H,37,38,40)/t21-,31+/m0/s1. The van der Waals surface area contributed by atoms with E-state index in [1.807, 2.05) is 18.2 Å². The Morgan fingerprint density at radius 3 is 2.54 bits per heavy atom. The number of ether oxygens (including phenoxy) is 3. The number of rotatable bonds is 10. The quantitative estimate of drug-likeness (QED) is 0.210. The molecule has 2 atom stereocenters. The summed E-state index contributed by atoms with van der Waals surface area (Å²) in [6.45, 7) is 8.61. The number of pyridine rings is 1. The zero-order chi connectivity index (χ0) is 32.2. The Bertz CT molecular complexity index is 1730. The van der Waals surface area contributed by atoms with Crippen molar-refractivity contribution in [3.8, 4) is 17.2 Å². The summed E-state index contributed by atoms with van der Waals surface area (Å²) in [5.74, 6) is 2.62. The molecule has 4 aromatic rings. The number of anilines is 4. The van der Waals surface area contributed by atoms with Crippen LogP contribution in [0.3, 0.4) is 0 Å². The first-order valence-corrected chi connectivity index (χ1v) is 15.3. The molecule has 0 aliphatic carbocycles. The van der Waals surface area contributed by atoms with Gasteiger partial charge in [0.15, 0.2) is 0 Å². The number of nitrogens with one attached hydrogen (secondary N) is 2. The van der Waals surface area contributed by atoms with Crippen molar-refractivity contribution in [2.45, 2.75) is 31.9 Å². The Morgan fingerprint density at radius 2 is 1.83 bits per heavy atom. The van der Waals surface area contributed by atoms with Crippen molar-refractivity contribution in [2.75, 3.05) is 55.9 Å². The summed E-state index contributed by atoms with van der Waals surface area (Å²) in [4.78, 5) is 29.3. The molecule has 11 nitrogen and oxygen atoms in total. The number of piperidine rings is 1. The van der Waals surface area contributed by atoms with Gasteiger partial charge in [-0.1, -0.05) is 13.5 Å². The average Bonchev–Trinajstić information content (AvgIpc) is 3.46. The zero-order valence-corrected chi connectivity index (χ0v) is 26.2. The summed E-state index contributed by atoms with van der Waals surface area (Å²) in [6.07, 6.45) is 6.17. The van der Waals surface area contributed by atoms with E-state index in [4.69, 9.17) is 14.2 Å². The van der Waals surface area contributed by atoms with E-state index in [-0.39, 0.29) is 23.7 Å². The average molecular weight is 628 g/mol. The highest BCUT2D eigenvalue weighted by Crippen LogP contribution is 2.36. The molecular formula is C34H38FN7O4. The second-order valence-corrected chi connectivity index (χ2v) is 11.6. The van der Waals surface area contributed by atoms with Crippen molar-refractivity contribution in [3.63, 3.8) is 0 Å². The van der Waals surface area contributed by atoms with Gasteiger partial charge in [0.25, 0.3) is 0 Å². The normalized spacial score (nSPS) is 18.4. The number of fused-ring (bicyclic) bond motifs is 1. The molecule has 0 bridgehead atoms. The molecule has 2 saturated heterocycles. The number of hydrogen-bond acceptors (Lipinski definition) is 10. The summed E-state index contributed by atoms with van der Waals surface area (Å²) in [7, 11) is 3.33. The van der Waals surface area contributed by atoms with Crippen LogP contribution >= 0.6 is 0 Å². The lowest BCUT2D eigenvalue weighted by Gasteiger charge is -2.32. The SMILES string of the molecule is C=CC(=O)N1CCC(Nc2cc3c(Nc4ccc(Oc5ccnc(N6C[C@H](C)[C@H](OC)C6)c5)cc4F)ncnc3cc2OC)CC1. The van der Waals surface area contributed by atoms with Crippen molar-refractivity contribution >= 4 is 39.8 Å². The molecule has 12 heteroatoms. The molecule has 1 amide bonds. The fourth-order valence-electron chi connectivity index (χ4n) is 6.05. The molecule has 2 aromatic carbocycles. The predicted octanol–water partition coefficient (Wildman–Crippen LogP) is 5.77. The maximum atomic E-state index is 15.4. The van der Waals surface area contributed by atoms with Crippen molar-refractivity contribution < 1.29 is 23.4 Å². The molecular weight excluding hydrogens is 589 g/mol. The van der Waals surface area contributed by atoms with Crippen LogP contribution in [-0.4, -0.2) is 78.3 Å². The van der Waals surface area contributed by atoms with Crippen LogP contribution in [0.1, 0.15) is 19.8 Å². The van der Waals surface area contributed by atoms with Gasteiger partial charge in [-0.15, -0.1) is 0 Å². The summed E-state index contributed by atoms with van der Waals surface area (Å²) in [5.41, 5.74) is 1.65. The van der Waals surface area contributed by atoms with Crippen molar-refractivity contribution in [1.29, 1.82) is 0 Å². The molecule has 2 aromatic heterocycles. The number of methoxy groups -OCH3 is 2. The second kappa shape index (κ2) is 13.6. The van der Waals surface area contributed by atoms with Crippen LogP contribution in [0.25, 0.3) is 10.9 Å². The van der Waals surface area contributed by atoms with Gasteiger partial charge >= 0.3 is 0 Å². The Hall–Kier alpha value is -4.97. The monoisotopic (exact) mass is 627 g/mol. The molecule has 0 unspecified atom stereocenters. The topological polar surface area (TPSA) is 114 Å². The molecule has 0 spiro atoms. The van der Waals surface area contributed by atoms with E-state index < -0.39 is 5.82 Å². The third-order valence-electron chi connectivity index (χ3n) is 8.61. The number of benzene rings is 2. The van der Waals surface area contributed by atoms with Gasteiger partial charge in [-0.2, -0.15) is 0 Å². The van der Waals surface area contributed by atoms with Crippen LogP contribution in [0.15, 0.2) is 67.6 Å². The van der Waals surface area contributed by atoms with Gasteiger partial charge in [-0.25, -0.2) is 19.3 Å². The number of amides is 1. The molecule has 0 radical (unpaired) electrons. The van der Waals surface area contributed by atoms with Crippen LogP contribution in [-0.2, 0) is 9.53 Å². The molecule has 0 saturated carbocycles. The molecule has 4 heterocycles. The lowest BCUT2D eigenvalue weighted by atomic mass is 10.0. The van der Waals surface area contributed by atoms with Crippen molar-refractivity contribution in [2.24, 2.45) is 5.92 Å². The lowest BCUT2D eigenvalue weighted by molar-refractivity contribution is -0.126. The van der Waals surface area contributed by atoms with Gasteiger partial charge in [0, 0.05) is 75.0 Å². The largest absolute Gasteiger partial charge is 0.495 e. The number of carbonyl (C=O) groups is 1. The molecule has 2 aliphatic heterocycles. The molecule has 2 fully saturated rings. The summed E-state index contributed by atoms with van der Waals surface area (Å²) in [6, 6.07) is 12.1. The van der Waals surface area contributed by atoms with Gasteiger partial charge in [0.1, 0.15) is 41.0 Å². The summed E-state index contributed by atoms with van der Waals surface area (Å²) < 4.78 is 32.7. The molecule has 46 heavy (non-hydrogen) atoms. The van der Waals surface area contributed by atoms with Crippen molar-refractivity contribution in [1.82, 2.24) is 19.9 Å².